The molecule has 2 aromatic carbocycles. The van der Waals surface area contributed by atoms with E-state index in [0.29, 0.717) is 17.4 Å². The summed E-state index contributed by atoms with van der Waals surface area (Å²) in [6, 6.07) is 13.3. The highest BCUT2D eigenvalue weighted by molar-refractivity contribution is 7.91. The predicted octanol–water partition coefficient (Wildman–Crippen LogP) is 4.47. The van der Waals surface area contributed by atoms with E-state index >= 15 is 0 Å². The zero-order valence-corrected chi connectivity index (χ0v) is 19.1. The SMILES string of the molecule is CCS(=O)(=O)c1cccc(-c2ccc(OCC3CCNC3)c3[nH]c4ncc(C)cc4c23)c1. The van der Waals surface area contributed by atoms with Crippen LogP contribution in [0.2, 0.25) is 0 Å². The second-order valence-corrected chi connectivity index (χ2v) is 10.8. The maximum absolute atomic E-state index is 12.5. The van der Waals surface area contributed by atoms with Gasteiger partial charge in [0.2, 0.25) is 0 Å². The third-order valence-electron chi connectivity index (χ3n) is 6.23. The summed E-state index contributed by atoms with van der Waals surface area (Å²) in [4.78, 5) is 8.37. The van der Waals surface area contributed by atoms with Gasteiger partial charge in [-0.2, -0.15) is 0 Å². The monoisotopic (exact) mass is 449 g/mol. The first-order valence-electron chi connectivity index (χ1n) is 11.0. The molecule has 4 aromatic rings. The first kappa shape index (κ1) is 21.0. The molecule has 2 aromatic heterocycles. The lowest BCUT2D eigenvalue weighted by atomic mass is 9.99. The van der Waals surface area contributed by atoms with Crippen molar-refractivity contribution in [3.63, 3.8) is 0 Å². The number of nitrogens with zero attached hydrogens (tertiary/aromatic N) is 1. The van der Waals surface area contributed by atoms with Gasteiger partial charge in [0, 0.05) is 29.4 Å². The van der Waals surface area contributed by atoms with Crippen LogP contribution in [-0.4, -0.2) is 43.8 Å². The van der Waals surface area contributed by atoms with Crippen molar-refractivity contribution in [3.05, 3.63) is 54.2 Å². The normalized spacial score (nSPS) is 16.8. The van der Waals surface area contributed by atoms with Gasteiger partial charge in [-0.3, -0.25) is 0 Å². The number of hydrogen-bond donors (Lipinski definition) is 2. The van der Waals surface area contributed by atoms with Crippen LogP contribution in [0, 0.1) is 12.8 Å². The zero-order valence-electron chi connectivity index (χ0n) is 18.3. The second-order valence-electron chi connectivity index (χ2n) is 8.50. The number of aryl methyl sites for hydroxylation is 1. The van der Waals surface area contributed by atoms with Crippen LogP contribution >= 0.6 is 0 Å². The number of hydrogen-bond acceptors (Lipinski definition) is 5. The number of pyridine rings is 1. The highest BCUT2D eigenvalue weighted by Crippen LogP contribution is 2.39. The van der Waals surface area contributed by atoms with Crippen molar-refractivity contribution in [1.29, 1.82) is 0 Å². The molecule has 0 saturated carbocycles. The van der Waals surface area contributed by atoms with E-state index < -0.39 is 9.84 Å². The molecule has 6 nitrogen and oxygen atoms in total. The van der Waals surface area contributed by atoms with Crippen molar-refractivity contribution >= 4 is 31.8 Å². The lowest BCUT2D eigenvalue weighted by Gasteiger charge is -2.14. The molecule has 1 atom stereocenters. The van der Waals surface area contributed by atoms with E-state index in [1.54, 1.807) is 25.1 Å². The molecular formula is C25H27N3O3S. The van der Waals surface area contributed by atoms with Crippen LogP contribution in [0.25, 0.3) is 33.1 Å². The van der Waals surface area contributed by atoms with Crippen LogP contribution in [-0.2, 0) is 9.84 Å². The largest absolute Gasteiger partial charge is 0.491 e. The Balaban J connectivity index is 1.68. The fourth-order valence-electron chi connectivity index (χ4n) is 4.41. The number of fused-ring (bicyclic) bond motifs is 3. The lowest BCUT2D eigenvalue weighted by Crippen LogP contribution is -2.15. The van der Waals surface area contributed by atoms with Gasteiger partial charge in [0.25, 0.3) is 0 Å². The van der Waals surface area contributed by atoms with E-state index in [2.05, 4.69) is 21.4 Å². The second kappa shape index (κ2) is 8.22. The summed E-state index contributed by atoms with van der Waals surface area (Å²) in [7, 11) is -3.29. The molecule has 0 spiro atoms. The number of aromatic amines is 1. The number of H-pyrrole nitrogens is 1. The molecule has 3 heterocycles. The van der Waals surface area contributed by atoms with Crippen molar-refractivity contribution in [1.82, 2.24) is 15.3 Å². The molecule has 0 radical (unpaired) electrons. The van der Waals surface area contributed by atoms with Crippen molar-refractivity contribution < 1.29 is 13.2 Å². The summed E-state index contributed by atoms with van der Waals surface area (Å²) in [6.45, 7) is 6.36. The fourth-order valence-corrected chi connectivity index (χ4v) is 5.34. The fraction of sp³-hybridized carbons (Fsp3) is 0.320. The lowest BCUT2D eigenvalue weighted by molar-refractivity contribution is 0.262. The molecule has 1 fully saturated rings. The minimum absolute atomic E-state index is 0.0743. The van der Waals surface area contributed by atoms with Gasteiger partial charge in [0.05, 0.1) is 22.8 Å². The first-order chi connectivity index (χ1) is 15.5. The molecule has 32 heavy (non-hydrogen) atoms. The van der Waals surface area contributed by atoms with Gasteiger partial charge in [-0.05, 0) is 66.9 Å². The number of nitrogens with one attached hydrogen (secondary N) is 2. The predicted molar refractivity (Wildman–Crippen MR) is 128 cm³/mol. The molecule has 0 amide bonds. The number of aromatic nitrogens is 2. The topological polar surface area (TPSA) is 84.1 Å². The Morgan fingerprint density at radius 1 is 1.19 bits per heavy atom. The van der Waals surface area contributed by atoms with E-state index in [-0.39, 0.29) is 5.75 Å². The van der Waals surface area contributed by atoms with Crippen LogP contribution < -0.4 is 10.1 Å². The van der Waals surface area contributed by atoms with Crippen LogP contribution in [0.5, 0.6) is 5.75 Å². The molecule has 1 aliphatic rings. The summed E-state index contributed by atoms with van der Waals surface area (Å²) in [5.41, 5.74) is 4.57. The van der Waals surface area contributed by atoms with E-state index in [1.807, 2.05) is 31.3 Å². The molecule has 1 saturated heterocycles. The molecule has 166 valence electrons. The smallest absolute Gasteiger partial charge is 0.178 e. The standard InChI is InChI=1S/C25H27N3O3S/c1-3-32(29,30)19-6-4-5-18(12-19)20-7-8-22(31-15-17-9-10-26-14-17)24-23(20)21-11-16(2)13-27-25(21)28-24/h4-8,11-13,17,26H,3,9-10,14-15H2,1-2H3,(H,27,28). The quantitative estimate of drug-likeness (QED) is 0.454. The summed E-state index contributed by atoms with van der Waals surface area (Å²) >= 11 is 0. The molecule has 7 heteroatoms. The van der Waals surface area contributed by atoms with Crippen molar-refractivity contribution in [2.24, 2.45) is 5.92 Å². The van der Waals surface area contributed by atoms with Gasteiger partial charge in [-0.15, -0.1) is 0 Å². The zero-order chi connectivity index (χ0) is 22.3. The van der Waals surface area contributed by atoms with Gasteiger partial charge in [0.1, 0.15) is 11.4 Å². The highest BCUT2D eigenvalue weighted by atomic mass is 32.2. The number of rotatable bonds is 6. The van der Waals surface area contributed by atoms with Gasteiger partial charge in [0.15, 0.2) is 9.84 Å². The first-order valence-corrected chi connectivity index (χ1v) is 12.7. The summed E-state index contributed by atoms with van der Waals surface area (Å²) < 4.78 is 31.2. The van der Waals surface area contributed by atoms with Gasteiger partial charge in [-0.1, -0.05) is 19.1 Å². The Morgan fingerprint density at radius 3 is 2.84 bits per heavy atom. The number of ether oxygens (including phenoxy) is 1. The average Bonchev–Trinajstić information content (AvgIpc) is 3.45. The average molecular weight is 450 g/mol. The Hall–Kier alpha value is -2.90. The molecule has 1 aliphatic heterocycles. The molecule has 1 unspecified atom stereocenters. The van der Waals surface area contributed by atoms with Gasteiger partial charge < -0.3 is 15.0 Å². The van der Waals surface area contributed by atoms with E-state index in [1.165, 1.54) is 0 Å². The highest BCUT2D eigenvalue weighted by Gasteiger charge is 2.20. The Labute approximate surface area is 187 Å². The minimum atomic E-state index is -3.29. The van der Waals surface area contributed by atoms with Crippen molar-refractivity contribution in [3.8, 4) is 16.9 Å². The third kappa shape index (κ3) is 3.76. The molecule has 0 aliphatic carbocycles. The van der Waals surface area contributed by atoms with E-state index in [9.17, 15) is 8.42 Å². The van der Waals surface area contributed by atoms with Gasteiger partial charge >= 0.3 is 0 Å². The van der Waals surface area contributed by atoms with E-state index in [4.69, 9.17) is 4.74 Å². The molecule has 0 bridgehead atoms. The maximum atomic E-state index is 12.5. The summed E-state index contributed by atoms with van der Waals surface area (Å²) in [5.74, 6) is 1.37. The molecule has 5 rings (SSSR count). The maximum Gasteiger partial charge on any atom is 0.178 e. The summed E-state index contributed by atoms with van der Waals surface area (Å²) in [6.07, 6.45) is 2.96. The van der Waals surface area contributed by atoms with Crippen LogP contribution in [0.3, 0.4) is 0 Å². The van der Waals surface area contributed by atoms with E-state index in [0.717, 1.165) is 63.9 Å². The summed E-state index contributed by atoms with van der Waals surface area (Å²) in [5, 5.41) is 5.39. The minimum Gasteiger partial charge on any atom is -0.491 e. The van der Waals surface area contributed by atoms with Crippen LogP contribution in [0.4, 0.5) is 0 Å². The number of sulfone groups is 1. The Kier molecular flexibility index (Phi) is 5.39. The van der Waals surface area contributed by atoms with Crippen LogP contribution in [0.1, 0.15) is 18.9 Å². The molecular weight excluding hydrogens is 422 g/mol. The van der Waals surface area contributed by atoms with Crippen LogP contribution in [0.15, 0.2) is 53.6 Å². The van der Waals surface area contributed by atoms with Gasteiger partial charge in [-0.25, -0.2) is 13.4 Å². The Bertz CT molecular complexity index is 1400. The third-order valence-corrected chi connectivity index (χ3v) is 7.96. The van der Waals surface area contributed by atoms with Crippen molar-refractivity contribution in [2.75, 3.05) is 25.4 Å². The van der Waals surface area contributed by atoms with Crippen molar-refractivity contribution in [2.45, 2.75) is 25.2 Å². The number of benzene rings is 2. The Morgan fingerprint density at radius 2 is 2.06 bits per heavy atom. The molecule has 2 N–H and O–H groups in total.